The van der Waals surface area contributed by atoms with Crippen molar-refractivity contribution in [3.05, 3.63) is 41.5 Å². The first-order chi connectivity index (χ1) is 9.23. The normalized spacial score (nSPS) is 11.6. The Labute approximate surface area is 110 Å². The minimum Gasteiger partial charge on any atom is -0.478 e. The maximum Gasteiger partial charge on any atom is 0.454 e. The zero-order valence-electron chi connectivity index (χ0n) is 9.86. The molecule has 4 nitrogen and oxygen atoms in total. The molecule has 2 aromatic carbocycles. The molecule has 7 heteroatoms. The van der Waals surface area contributed by atoms with Crippen molar-refractivity contribution in [1.29, 1.82) is 0 Å². The first-order valence-electron chi connectivity index (χ1n) is 5.39. The van der Waals surface area contributed by atoms with Crippen LogP contribution in [0.2, 0.25) is 0 Å². The lowest BCUT2D eigenvalue weighted by atomic mass is 9.95. The fourth-order valence-corrected chi connectivity index (χ4v) is 1.93. The summed E-state index contributed by atoms with van der Waals surface area (Å²) in [5.74, 6) is -3.65. The molecule has 0 saturated heterocycles. The maximum absolute atomic E-state index is 12.6. The summed E-state index contributed by atoms with van der Waals surface area (Å²) in [4.78, 5) is 22.5. The summed E-state index contributed by atoms with van der Waals surface area (Å²) in [5, 5.41) is 9.13. The molecule has 2 rings (SSSR count). The number of anilines is 1. The van der Waals surface area contributed by atoms with Gasteiger partial charge < -0.3 is 10.8 Å². The van der Waals surface area contributed by atoms with Crippen molar-refractivity contribution in [2.75, 3.05) is 5.73 Å². The molecule has 0 fully saturated rings. The van der Waals surface area contributed by atoms with Crippen LogP contribution in [0.4, 0.5) is 18.9 Å². The second-order valence-electron chi connectivity index (χ2n) is 4.07. The van der Waals surface area contributed by atoms with Crippen LogP contribution >= 0.6 is 0 Å². The number of nitrogen functional groups attached to an aromatic ring is 1. The number of hydrogen-bond acceptors (Lipinski definition) is 3. The zero-order valence-corrected chi connectivity index (χ0v) is 9.86. The van der Waals surface area contributed by atoms with Gasteiger partial charge in [-0.2, -0.15) is 13.2 Å². The molecular weight excluding hydrogens is 275 g/mol. The number of hydrogen-bond donors (Lipinski definition) is 2. The number of fused-ring (bicyclic) bond motifs is 1. The number of carbonyl (C=O) groups excluding carboxylic acids is 1. The lowest BCUT2D eigenvalue weighted by Crippen LogP contribution is -2.25. The second-order valence-corrected chi connectivity index (χ2v) is 4.07. The lowest BCUT2D eigenvalue weighted by Gasteiger charge is -2.13. The summed E-state index contributed by atoms with van der Waals surface area (Å²) >= 11 is 0. The molecule has 0 aromatic heterocycles. The van der Waals surface area contributed by atoms with E-state index in [1.807, 2.05) is 0 Å². The minimum atomic E-state index is -5.13. The predicted molar refractivity (Wildman–Crippen MR) is 65.7 cm³/mol. The van der Waals surface area contributed by atoms with Gasteiger partial charge in [-0.3, -0.25) is 4.79 Å². The Morgan fingerprint density at radius 1 is 1.15 bits per heavy atom. The molecule has 0 bridgehead atoms. The Kier molecular flexibility index (Phi) is 3.13. The van der Waals surface area contributed by atoms with Crippen LogP contribution in [0.3, 0.4) is 0 Å². The van der Waals surface area contributed by atoms with Crippen LogP contribution in [0.15, 0.2) is 30.3 Å². The molecule has 3 N–H and O–H groups in total. The highest BCUT2D eigenvalue weighted by atomic mass is 19.4. The maximum atomic E-state index is 12.6. The van der Waals surface area contributed by atoms with Crippen molar-refractivity contribution in [3.8, 4) is 0 Å². The van der Waals surface area contributed by atoms with Crippen LogP contribution < -0.4 is 5.73 Å². The largest absolute Gasteiger partial charge is 0.478 e. The highest BCUT2D eigenvalue weighted by Crippen LogP contribution is 2.33. The quantitative estimate of drug-likeness (QED) is 0.656. The van der Waals surface area contributed by atoms with Crippen LogP contribution in [-0.4, -0.2) is 23.0 Å². The Hall–Kier alpha value is -2.57. The number of nitrogens with two attached hydrogens (primary N) is 1. The lowest BCUT2D eigenvalue weighted by molar-refractivity contribution is -0.0883. The average molecular weight is 283 g/mol. The Morgan fingerprint density at radius 3 is 2.30 bits per heavy atom. The monoisotopic (exact) mass is 283 g/mol. The Bertz CT molecular complexity index is 723. The van der Waals surface area contributed by atoms with Crippen molar-refractivity contribution < 1.29 is 27.9 Å². The first kappa shape index (κ1) is 13.9. The summed E-state index contributed by atoms with van der Waals surface area (Å²) in [6.45, 7) is 0. The number of benzene rings is 2. The van der Waals surface area contributed by atoms with Crippen molar-refractivity contribution in [3.63, 3.8) is 0 Å². The van der Waals surface area contributed by atoms with E-state index < -0.39 is 34.7 Å². The topological polar surface area (TPSA) is 80.4 Å². The van der Waals surface area contributed by atoms with Crippen molar-refractivity contribution >= 4 is 28.2 Å². The fourth-order valence-electron chi connectivity index (χ4n) is 1.93. The van der Waals surface area contributed by atoms with E-state index in [1.54, 1.807) is 0 Å². The summed E-state index contributed by atoms with van der Waals surface area (Å²) in [6.07, 6.45) is -5.13. The van der Waals surface area contributed by atoms with Crippen LogP contribution in [0.25, 0.3) is 10.8 Å². The minimum absolute atomic E-state index is 0.0303. The molecule has 0 amide bonds. The Morgan fingerprint density at radius 2 is 1.75 bits per heavy atom. The molecule has 0 atom stereocenters. The van der Waals surface area contributed by atoms with E-state index >= 15 is 0 Å². The third kappa shape index (κ3) is 2.18. The number of alkyl halides is 3. The average Bonchev–Trinajstić information content (AvgIpc) is 2.36. The number of halogens is 3. The molecule has 0 aliphatic carbocycles. The molecule has 0 unspecified atom stereocenters. The van der Waals surface area contributed by atoms with Crippen LogP contribution in [-0.2, 0) is 0 Å². The molecule has 0 aliphatic heterocycles. The molecule has 20 heavy (non-hydrogen) atoms. The highest BCUT2D eigenvalue weighted by molar-refractivity contribution is 6.18. The van der Waals surface area contributed by atoms with Crippen LogP contribution in [0.5, 0.6) is 0 Å². The van der Waals surface area contributed by atoms with E-state index in [9.17, 15) is 22.8 Å². The molecule has 0 aliphatic rings. The van der Waals surface area contributed by atoms with Gasteiger partial charge in [0.25, 0.3) is 5.78 Å². The van der Waals surface area contributed by atoms with Gasteiger partial charge in [0, 0.05) is 0 Å². The third-order valence-corrected chi connectivity index (χ3v) is 2.80. The molecule has 0 radical (unpaired) electrons. The Balaban J connectivity index is 2.89. The number of rotatable bonds is 2. The molecule has 0 spiro atoms. The van der Waals surface area contributed by atoms with Gasteiger partial charge in [-0.05, 0) is 16.8 Å². The van der Waals surface area contributed by atoms with Crippen LogP contribution in [0.1, 0.15) is 20.7 Å². The van der Waals surface area contributed by atoms with E-state index in [-0.39, 0.29) is 10.8 Å². The standard InChI is InChI=1S/C13H8F3NO3/c14-13(15,16)11(18)9-7-4-2-1-3-6(7)5-8(10(9)17)12(19)20/h1-5H,17H2,(H,19,20). The van der Waals surface area contributed by atoms with Gasteiger partial charge in [0.15, 0.2) is 0 Å². The summed E-state index contributed by atoms with van der Waals surface area (Å²) in [7, 11) is 0. The number of carboxylic acids is 1. The van der Waals surface area contributed by atoms with E-state index in [1.165, 1.54) is 24.3 Å². The summed E-state index contributed by atoms with van der Waals surface area (Å²) in [5.41, 5.74) is 3.41. The summed E-state index contributed by atoms with van der Waals surface area (Å²) in [6, 6.07) is 6.80. The highest BCUT2D eigenvalue weighted by Gasteiger charge is 2.41. The van der Waals surface area contributed by atoms with Gasteiger partial charge in [0.05, 0.1) is 16.8 Å². The SMILES string of the molecule is Nc1c(C(=O)O)cc2ccccc2c1C(=O)C(F)(F)F. The first-order valence-corrected chi connectivity index (χ1v) is 5.39. The molecule has 0 saturated carbocycles. The third-order valence-electron chi connectivity index (χ3n) is 2.80. The van der Waals surface area contributed by atoms with Crippen molar-refractivity contribution in [2.45, 2.75) is 6.18 Å². The van der Waals surface area contributed by atoms with E-state index in [4.69, 9.17) is 10.8 Å². The van der Waals surface area contributed by atoms with Gasteiger partial charge in [-0.1, -0.05) is 24.3 Å². The predicted octanol–water partition coefficient (Wildman–Crippen LogP) is 2.87. The summed E-state index contributed by atoms with van der Waals surface area (Å²) < 4.78 is 37.9. The number of Topliss-reactive ketones (excluding diaryl/α,β-unsaturated/α-hetero) is 1. The smallest absolute Gasteiger partial charge is 0.454 e. The van der Waals surface area contributed by atoms with Crippen molar-refractivity contribution in [1.82, 2.24) is 0 Å². The number of carbonyl (C=O) groups is 2. The fraction of sp³-hybridized carbons (Fsp3) is 0.0769. The molecular formula is C13H8F3NO3. The molecule has 2 aromatic rings. The van der Waals surface area contributed by atoms with Crippen LogP contribution in [0, 0.1) is 0 Å². The van der Waals surface area contributed by atoms with Gasteiger partial charge >= 0.3 is 12.1 Å². The zero-order chi connectivity index (χ0) is 15.1. The van der Waals surface area contributed by atoms with Crippen molar-refractivity contribution in [2.24, 2.45) is 0 Å². The van der Waals surface area contributed by atoms with Gasteiger partial charge in [-0.15, -0.1) is 0 Å². The molecule has 0 heterocycles. The van der Waals surface area contributed by atoms with Gasteiger partial charge in [0.2, 0.25) is 0 Å². The van der Waals surface area contributed by atoms with E-state index in [0.717, 1.165) is 6.07 Å². The number of aromatic carboxylic acids is 1. The van der Waals surface area contributed by atoms with E-state index in [2.05, 4.69) is 0 Å². The number of ketones is 1. The van der Waals surface area contributed by atoms with Gasteiger partial charge in [0.1, 0.15) is 0 Å². The second kappa shape index (κ2) is 4.52. The number of carboxylic acid groups (broad SMARTS) is 1. The molecule has 104 valence electrons. The van der Waals surface area contributed by atoms with E-state index in [0.29, 0.717) is 0 Å². The van der Waals surface area contributed by atoms with Gasteiger partial charge in [-0.25, -0.2) is 4.79 Å².